The lowest BCUT2D eigenvalue weighted by atomic mass is 10.1. The van der Waals surface area contributed by atoms with Crippen LogP contribution in [0, 0.1) is 5.82 Å². The molecule has 0 amide bonds. The van der Waals surface area contributed by atoms with Crippen molar-refractivity contribution in [1.82, 2.24) is 5.32 Å². The van der Waals surface area contributed by atoms with Crippen LogP contribution in [-0.4, -0.2) is 18.3 Å². The Kier molecular flexibility index (Phi) is 7.66. The third kappa shape index (κ3) is 5.57. The highest BCUT2D eigenvalue weighted by atomic mass is 79.9. The Hall–Kier alpha value is -1.86. The van der Waals surface area contributed by atoms with Crippen LogP contribution < -0.4 is 20.1 Å². The van der Waals surface area contributed by atoms with Gasteiger partial charge in [0.1, 0.15) is 5.82 Å². The fraction of sp³-hybridized carbons (Fsp3) is 0.316. The Morgan fingerprint density at radius 3 is 2.46 bits per heavy atom. The van der Waals surface area contributed by atoms with Gasteiger partial charge in [-0.3, -0.25) is 0 Å². The molecule has 0 saturated heterocycles. The predicted octanol–water partition coefficient (Wildman–Crippen LogP) is 5.43. The topological polar surface area (TPSA) is 42.5 Å². The van der Waals surface area contributed by atoms with Crippen molar-refractivity contribution in [3.05, 3.63) is 52.3 Å². The number of nitrogens with one attached hydrogen (secondary N) is 2. The Labute approximate surface area is 167 Å². The van der Waals surface area contributed by atoms with Crippen LogP contribution in [0.15, 0.2) is 40.9 Å². The molecule has 2 aromatic carbocycles. The summed E-state index contributed by atoms with van der Waals surface area (Å²) in [4.78, 5) is 0. The van der Waals surface area contributed by atoms with Gasteiger partial charge in [-0.1, -0.05) is 22.0 Å². The molecule has 0 aromatic heterocycles. The lowest BCUT2D eigenvalue weighted by Crippen LogP contribution is -2.31. The van der Waals surface area contributed by atoms with E-state index in [-0.39, 0.29) is 11.9 Å². The van der Waals surface area contributed by atoms with E-state index >= 15 is 0 Å². The van der Waals surface area contributed by atoms with E-state index in [2.05, 4.69) is 26.6 Å². The molecule has 0 aliphatic heterocycles. The normalized spacial score (nSPS) is 11.6. The summed E-state index contributed by atoms with van der Waals surface area (Å²) in [5, 5.41) is 6.37. The first-order valence-corrected chi connectivity index (χ1v) is 9.56. The molecule has 2 rings (SSSR count). The Morgan fingerprint density at radius 2 is 1.81 bits per heavy atom. The first-order valence-electron chi connectivity index (χ1n) is 8.36. The fourth-order valence-electron chi connectivity index (χ4n) is 2.37. The molecular weight excluding hydrogens is 419 g/mol. The summed E-state index contributed by atoms with van der Waals surface area (Å²) in [6.07, 6.45) is 0. The van der Waals surface area contributed by atoms with Gasteiger partial charge in [0.2, 0.25) is 0 Å². The minimum Gasteiger partial charge on any atom is -0.490 e. The number of anilines is 1. The highest BCUT2D eigenvalue weighted by Gasteiger charge is 2.13. The molecule has 0 radical (unpaired) electrons. The molecule has 140 valence electrons. The Bertz CT molecular complexity index is 773. The zero-order chi connectivity index (χ0) is 19.1. The highest BCUT2D eigenvalue weighted by Crippen LogP contribution is 2.30. The van der Waals surface area contributed by atoms with Gasteiger partial charge in [-0.2, -0.15) is 0 Å². The smallest absolute Gasteiger partial charge is 0.171 e. The van der Waals surface area contributed by atoms with Gasteiger partial charge in [0.15, 0.2) is 16.6 Å². The molecule has 0 fully saturated rings. The van der Waals surface area contributed by atoms with E-state index in [0.717, 1.165) is 5.56 Å². The second-order valence-electron chi connectivity index (χ2n) is 5.52. The zero-order valence-electron chi connectivity index (χ0n) is 14.9. The third-order valence-electron chi connectivity index (χ3n) is 3.59. The van der Waals surface area contributed by atoms with Crippen LogP contribution in [0.4, 0.5) is 10.1 Å². The van der Waals surface area contributed by atoms with Crippen molar-refractivity contribution < 1.29 is 13.9 Å². The maximum Gasteiger partial charge on any atom is 0.171 e. The molecule has 0 spiro atoms. The van der Waals surface area contributed by atoms with Crippen molar-refractivity contribution in [2.45, 2.75) is 26.8 Å². The number of rotatable bonds is 7. The van der Waals surface area contributed by atoms with Gasteiger partial charge in [-0.05, 0) is 68.9 Å². The van der Waals surface area contributed by atoms with Gasteiger partial charge < -0.3 is 20.1 Å². The monoisotopic (exact) mass is 440 g/mol. The van der Waals surface area contributed by atoms with Gasteiger partial charge in [-0.25, -0.2) is 4.39 Å². The van der Waals surface area contributed by atoms with Crippen molar-refractivity contribution in [3.8, 4) is 11.5 Å². The van der Waals surface area contributed by atoms with Gasteiger partial charge in [0.25, 0.3) is 0 Å². The summed E-state index contributed by atoms with van der Waals surface area (Å²) < 4.78 is 25.8. The first kappa shape index (κ1) is 20.5. The minimum absolute atomic E-state index is 0.0941. The summed E-state index contributed by atoms with van der Waals surface area (Å²) in [5.74, 6) is 1.03. The van der Waals surface area contributed by atoms with Gasteiger partial charge in [0.05, 0.1) is 24.9 Å². The standard InChI is InChI=1S/C19H22BrFN2O2S/c1-4-24-17-9-6-13(10-18(17)25-5-2)12(3)22-19(26)23-16-8-7-14(20)11-15(16)21/h6-12H,4-5H2,1-3H3,(H2,22,23,26). The number of hydrogen-bond acceptors (Lipinski definition) is 3. The van der Waals surface area contributed by atoms with Crippen LogP contribution in [0.5, 0.6) is 11.5 Å². The van der Waals surface area contributed by atoms with E-state index in [0.29, 0.717) is 40.0 Å². The summed E-state index contributed by atoms with van der Waals surface area (Å²) >= 11 is 8.53. The van der Waals surface area contributed by atoms with Crippen molar-refractivity contribution >= 4 is 38.9 Å². The maximum atomic E-state index is 13.9. The maximum absolute atomic E-state index is 13.9. The van der Waals surface area contributed by atoms with E-state index in [1.165, 1.54) is 6.07 Å². The second-order valence-corrected chi connectivity index (χ2v) is 6.84. The van der Waals surface area contributed by atoms with E-state index < -0.39 is 0 Å². The van der Waals surface area contributed by atoms with E-state index in [1.807, 2.05) is 39.0 Å². The van der Waals surface area contributed by atoms with Crippen LogP contribution >= 0.6 is 28.1 Å². The van der Waals surface area contributed by atoms with Crippen LogP contribution in [-0.2, 0) is 0 Å². The zero-order valence-corrected chi connectivity index (χ0v) is 17.3. The van der Waals surface area contributed by atoms with Crippen LogP contribution in [0.3, 0.4) is 0 Å². The average molecular weight is 441 g/mol. The van der Waals surface area contributed by atoms with Crippen LogP contribution in [0.25, 0.3) is 0 Å². The quantitative estimate of drug-likeness (QED) is 0.561. The van der Waals surface area contributed by atoms with Crippen molar-refractivity contribution in [2.75, 3.05) is 18.5 Å². The van der Waals surface area contributed by atoms with Crippen LogP contribution in [0.2, 0.25) is 0 Å². The minimum atomic E-state index is -0.379. The highest BCUT2D eigenvalue weighted by molar-refractivity contribution is 9.10. The molecule has 4 nitrogen and oxygen atoms in total. The average Bonchev–Trinajstić information content (AvgIpc) is 2.59. The summed E-state index contributed by atoms with van der Waals surface area (Å²) in [6, 6.07) is 10.4. The molecule has 0 saturated carbocycles. The Morgan fingerprint density at radius 1 is 1.12 bits per heavy atom. The molecule has 2 N–H and O–H groups in total. The molecule has 0 bridgehead atoms. The molecule has 0 heterocycles. The SMILES string of the molecule is CCOc1ccc(C(C)NC(=S)Nc2ccc(Br)cc2F)cc1OCC. The lowest BCUT2D eigenvalue weighted by Gasteiger charge is -2.19. The molecule has 26 heavy (non-hydrogen) atoms. The van der Waals surface area contributed by atoms with Gasteiger partial charge >= 0.3 is 0 Å². The number of benzene rings is 2. The van der Waals surface area contributed by atoms with E-state index in [1.54, 1.807) is 12.1 Å². The lowest BCUT2D eigenvalue weighted by molar-refractivity contribution is 0.287. The van der Waals surface area contributed by atoms with Crippen molar-refractivity contribution in [3.63, 3.8) is 0 Å². The summed E-state index contributed by atoms with van der Waals surface area (Å²) in [5.41, 5.74) is 1.30. The van der Waals surface area contributed by atoms with Crippen molar-refractivity contribution in [2.24, 2.45) is 0 Å². The number of hydrogen-bond donors (Lipinski definition) is 2. The predicted molar refractivity (Wildman–Crippen MR) is 111 cm³/mol. The molecule has 2 aromatic rings. The first-order chi connectivity index (χ1) is 12.4. The largest absolute Gasteiger partial charge is 0.490 e. The van der Waals surface area contributed by atoms with E-state index in [9.17, 15) is 4.39 Å². The van der Waals surface area contributed by atoms with E-state index in [4.69, 9.17) is 21.7 Å². The van der Waals surface area contributed by atoms with Gasteiger partial charge in [-0.15, -0.1) is 0 Å². The third-order valence-corrected chi connectivity index (χ3v) is 4.31. The summed E-state index contributed by atoms with van der Waals surface area (Å²) in [7, 11) is 0. The number of thiocarbonyl (C=S) groups is 1. The summed E-state index contributed by atoms with van der Waals surface area (Å²) in [6.45, 7) is 6.94. The van der Waals surface area contributed by atoms with Crippen molar-refractivity contribution in [1.29, 1.82) is 0 Å². The fourth-order valence-corrected chi connectivity index (χ4v) is 2.99. The second kappa shape index (κ2) is 9.73. The molecule has 1 unspecified atom stereocenters. The Balaban J connectivity index is 2.07. The molecular formula is C19H22BrFN2O2S. The molecule has 7 heteroatoms. The molecule has 1 atom stereocenters. The molecule has 0 aliphatic carbocycles. The number of halogens is 2. The molecule has 0 aliphatic rings. The van der Waals surface area contributed by atoms with Crippen LogP contribution in [0.1, 0.15) is 32.4 Å². The van der Waals surface area contributed by atoms with Gasteiger partial charge in [0, 0.05) is 4.47 Å². The number of ether oxygens (including phenoxy) is 2.